The summed E-state index contributed by atoms with van der Waals surface area (Å²) in [5.41, 5.74) is -2.87. The van der Waals surface area contributed by atoms with Gasteiger partial charge in [0, 0.05) is 11.0 Å². The molecule has 3 fully saturated rings. The molecule has 2 saturated carbocycles. The Balaban J connectivity index is 1.68. The van der Waals surface area contributed by atoms with Crippen LogP contribution in [0.25, 0.3) is 0 Å². The fraction of sp³-hybridized carbons (Fsp3) is 0.850. The molecule has 0 amide bonds. The summed E-state index contributed by atoms with van der Waals surface area (Å²) in [6, 6.07) is 0. The Bertz CT molecular complexity index is 730. The van der Waals surface area contributed by atoms with E-state index in [9.17, 15) is 20.1 Å². The van der Waals surface area contributed by atoms with E-state index in [0.717, 1.165) is 11.1 Å². The van der Waals surface area contributed by atoms with E-state index in [2.05, 4.69) is 0 Å². The molecule has 0 aromatic heterocycles. The minimum atomic E-state index is -1.68. The number of carbonyl (C=O) groups excluding carboxylic acids is 1. The van der Waals surface area contributed by atoms with E-state index >= 15 is 0 Å². The number of hydrogen-bond acceptors (Lipinski definition) is 6. The average Bonchev–Trinajstić information content (AvgIpc) is 3.04. The van der Waals surface area contributed by atoms with Gasteiger partial charge in [-0.25, -0.2) is 4.79 Å². The normalized spacial score (nSPS) is 55.0. The van der Waals surface area contributed by atoms with Crippen LogP contribution < -0.4 is 0 Å². The van der Waals surface area contributed by atoms with Crippen LogP contribution in [0.5, 0.6) is 0 Å². The zero-order chi connectivity index (χ0) is 18.7. The Morgan fingerprint density at radius 1 is 1.19 bits per heavy atom. The van der Waals surface area contributed by atoms with Crippen molar-refractivity contribution in [3.63, 3.8) is 0 Å². The molecule has 0 aromatic rings. The second-order valence-electron chi connectivity index (χ2n) is 9.59. The van der Waals surface area contributed by atoms with Crippen molar-refractivity contribution in [3.8, 4) is 0 Å². The van der Waals surface area contributed by atoms with Gasteiger partial charge in [-0.1, -0.05) is 20.8 Å². The number of cyclic esters (lactones) is 1. The highest BCUT2D eigenvalue weighted by atomic mass is 16.6. The molecule has 1 saturated heterocycles. The Hall–Kier alpha value is -0.950. The molecule has 3 N–H and O–H groups in total. The van der Waals surface area contributed by atoms with Crippen molar-refractivity contribution in [2.75, 3.05) is 6.61 Å². The molecule has 7 atom stereocenters. The molecule has 2 aliphatic heterocycles. The molecule has 2 heterocycles. The van der Waals surface area contributed by atoms with Gasteiger partial charge >= 0.3 is 5.97 Å². The van der Waals surface area contributed by atoms with E-state index in [1.54, 1.807) is 0 Å². The van der Waals surface area contributed by atoms with E-state index in [1.807, 2.05) is 20.8 Å². The van der Waals surface area contributed by atoms with Gasteiger partial charge in [-0.15, -0.1) is 0 Å². The maximum Gasteiger partial charge on any atom is 0.334 e. The Morgan fingerprint density at radius 3 is 2.62 bits per heavy atom. The molecule has 0 unspecified atom stereocenters. The molecular weight excluding hydrogens is 336 g/mol. The first-order valence-corrected chi connectivity index (χ1v) is 9.81. The molecule has 26 heavy (non-hydrogen) atoms. The van der Waals surface area contributed by atoms with Gasteiger partial charge in [-0.05, 0) is 49.5 Å². The Kier molecular flexibility index (Phi) is 3.11. The predicted octanol–water partition coefficient (Wildman–Crippen LogP) is 1.07. The summed E-state index contributed by atoms with van der Waals surface area (Å²) in [5.74, 6) is -0.302. The number of carbonyl (C=O) groups is 1. The summed E-state index contributed by atoms with van der Waals surface area (Å²) < 4.78 is 11.6. The van der Waals surface area contributed by atoms with Gasteiger partial charge in [-0.3, -0.25) is 0 Å². The number of aliphatic hydroxyl groups excluding tert-OH is 1. The van der Waals surface area contributed by atoms with Crippen LogP contribution in [0.1, 0.15) is 52.9 Å². The molecule has 2 bridgehead atoms. The number of fused-ring (bicyclic) bond motifs is 4. The highest BCUT2D eigenvalue weighted by Crippen LogP contribution is 2.69. The number of rotatable bonds is 1. The zero-order valence-corrected chi connectivity index (χ0v) is 15.6. The first kappa shape index (κ1) is 17.2. The van der Waals surface area contributed by atoms with Crippen LogP contribution in [0.3, 0.4) is 0 Å². The predicted molar refractivity (Wildman–Crippen MR) is 91.0 cm³/mol. The monoisotopic (exact) mass is 364 g/mol. The first-order chi connectivity index (χ1) is 12.1. The minimum absolute atomic E-state index is 0.0256. The summed E-state index contributed by atoms with van der Waals surface area (Å²) in [4.78, 5) is 12.0. The fourth-order valence-electron chi connectivity index (χ4n) is 7.02. The number of hydrogen-bond donors (Lipinski definition) is 3. The maximum atomic E-state index is 12.0. The molecule has 144 valence electrons. The highest BCUT2D eigenvalue weighted by molar-refractivity contribution is 5.92. The van der Waals surface area contributed by atoms with Crippen LogP contribution in [0.15, 0.2) is 11.1 Å². The topological polar surface area (TPSA) is 96.2 Å². The Labute approximate surface area is 153 Å². The number of ether oxygens (including phenoxy) is 2. The van der Waals surface area contributed by atoms with Crippen LogP contribution in [0, 0.1) is 17.3 Å². The zero-order valence-electron chi connectivity index (χ0n) is 15.6. The maximum absolute atomic E-state index is 12.0. The van der Waals surface area contributed by atoms with Crippen LogP contribution >= 0.6 is 0 Å². The lowest BCUT2D eigenvalue weighted by Gasteiger charge is -2.64. The highest BCUT2D eigenvalue weighted by Gasteiger charge is 2.81. The molecule has 0 aromatic carbocycles. The van der Waals surface area contributed by atoms with Gasteiger partial charge in [0.2, 0.25) is 0 Å². The Morgan fingerprint density at radius 2 is 1.92 bits per heavy atom. The van der Waals surface area contributed by atoms with Crippen molar-refractivity contribution in [1.29, 1.82) is 0 Å². The van der Waals surface area contributed by atoms with Crippen LogP contribution in [-0.4, -0.2) is 56.9 Å². The average molecular weight is 364 g/mol. The molecule has 6 heteroatoms. The van der Waals surface area contributed by atoms with Gasteiger partial charge in [0.15, 0.2) is 0 Å². The second kappa shape index (κ2) is 4.72. The van der Waals surface area contributed by atoms with Crippen molar-refractivity contribution in [2.24, 2.45) is 17.3 Å². The van der Waals surface area contributed by atoms with Crippen molar-refractivity contribution in [2.45, 2.75) is 81.9 Å². The standard InChI is InChI=1S/C20H28O6/c1-10(2)18-6-7-19(23)17(3)5-4-11-12(9-25-15(11)21)13(17)8-14(26-18)20(19,24)16(18)22/h10,13-14,16,22-24H,4-9H2,1-3H3/t13-,14-,16+,17-,18+,19+,20+/m0/s1. The molecule has 3 aliphatic carbocycles. The third-order valence-electron chi connectivity index (χ3n) is 8.72. The van der Waals surface area contributed by atoms with Crippen LogP contribution in [0.2, 0.25) is 0 Å². The van der Waals surface area contributed by atoms with E-state index in [-0.39, 0.29) is 24.4 Å². The third-order valence-corrected chi connectivity index (χ3v) is 8.72. The van der Waals surface area contributed by atoms with Gasteiger partial charge < -0.3 is 24.8 Å². The van der Waals surface area contributed by atoms with Crippen molar-refractivity contribution in [1.82, 2.24) is 0 Å². The summed E-state index contributed by atoms with van der Waals surface area (Å²) in [5, 5.41) is 34.8. The second-order valence-corrected chi connectivity index (χ2v) is 9.59. The largest absolute Gasteiger partial charge is 0.458 e. The quantitative estimate of drug-likeness (QED) is 0.603. The molecular formula is C20H28O6. The van der Waals surface area contributed by atoms with Crippen LogP contribution in [0.4, 0.5) is 0 Å². The lowest BCUT2D eigenvalue weighted by molar-refractivity contribution is -0.298. The number of esters is 1. The van der Waals surface area contributed by atoms with Gasteiger partial charge in [-0.2, -0.15) is 0 Å². The lowest BCUT2D eigenvalue weighted by Crippen LogP contribution is -2.78. The molecule has 0 spiro atoms. The van der Waals surface area contributed by atoms with Gasteiger partial charge in [0.1, 0.15) is 23.9 Å². The SMILES string of the molecule is CC(C)[C@@]12CC[C@]3(O)[C@@](O)([C@H](C[C@H]4C5=C(CC[C@@]43C)C(=O)OC5)O1)[C@@H]2O. The van der Waals surface area contributed by atoms with Crippen molar-refractivity contribution in [3.05, 3.63) is 11.1 Å². The molecule has 5 rings (SSSR count). The van der Waals surface area contributed by atoms with Crippen molar-refractivity contribution < 1.29 is 29.6 Å². The van der Waals surface area contributed by atoms with E-state index in [4.69, 9.17) is 9.47 Å². The summed E-state index contributed by atoms with van der Waals surface area (Å²) in [6.45, 7) is 6.26. The number of aliphatic hydroxyl groups is 3. The molecule has 0 radical (unpaired) electrons. The third kappa shape index (κ3) is 1.51. The smallest absolute Gasteiger partial charge is 0.334 e. The minimum Gasteiger partial charge on any atom is -0.458 e. The van der Waals surface area contributed by atoms with E-state index < -0.39 is 34.4 Å². The van der Waals surface area contributed by atoms with E-state index in [1.165, 1.54) is 0 Å². The van der Waals surface area contributed by atoms with Gasteiger partial charge in [0.05, 0.1) is 11.7 Å². The first-order valence-electron chi connectivity index (χ1n) is 9.81. The summed E-state index contributed by atoms with van der Waals surface area (Å²) >= 11 is 0. The van der Waals surface area contributed by atoms with E-state index in [0.29, 0.717) is 32.1 Å². The summed E-state index contributed by atoms with van der Waals surface area (Å²) in [7, 11) is 0. The molecule has 6 nitrogen and oxygen atoms in total. The molecule has 5 aliphatic rings. The fourth-order valence-corrected chi connectivity index (χ4v) is 7.02. The van der Waals surface area contributed by atoms with Crippen LogP contribution in [-0.2, 0) is 14.3 Å². The van der Waals surface area contributed by atoms with Gasteiger partial charge in [0.25, 0.3) is 0 Å². The lowest BCUT2D eigenvalue weighted by atomic mass is 9.43. The van der Waals surface area contributed by atoms with Crippen molar-refractivity contribution >= 4 is 5.97 Å². The summed E-state index contributed by atoms with van der Waals surface area (Å²) in [6.07, 6.45) is 0.789.